The number of halogens is 5. The fraction of sp³-hybridized carbons (Fsp3) is 0.375. The number of benzene rings is 1. The molecular formula is C24H22F5N3O3. The molecular weight excluding hydrogens is 473 g/mol. The Balaban J connectivity index is 1.91. The van der Waals surface area contributed by atoms with Gasteiger partial charge < -0.3 is 15.5 Å². The average Bonchev–Trinajstić information content (AvgIpc) is 2.79. The van der Waals surface area contributed by atoms with E-state index in [4.69, 9.17) is 10.5 Å². The van der Waals surface area contributed by atoms with Gasteiger partial charge in [-0.05, 0) is 37.3 Å². The van der Waals surface area contributed by atoms with Crippen LogP contribution < -0.4 is 15.9 Å². The Morgan fingerprint density at radius 2 is 1.94 bits per heavy atom. The van der Waals surface area contributed by atoms with Gasteiger partial charge in [0, 0.05) is 29.4 Å². The first-order valence-corrected chi connectivity index (χ1v) is 10.8. The van der Waals surface area contributed by atoms with Crippen LogP contribution in [0.3, 0.4) is 0 Å². The number of carbonyl (C=O) groups excluding carboxylic acids is 1. The zero-order valence-electron chi connectivity index (χ0n) is 18.8. The molecule has 0 bridgehead atoms. The molecule has 2 aromatic heterocycles. The molecule has 1 aromatic carbocycles. The molecule has 35 heavy (non-hydrogen) atoms. The summed E-state index contributed by atoms with van der Waals surface area (Å²) in [6.45, 7) is 1.09. The number of alkyl halides is 3. The van der Waals surface area contributed by atoms with Crippen LogP contribution >= 0.6 is 0 Å². The molecule has 186 valence electrons. The quantitative estimate of drug-likeness (QED) is 0.502. The molecule has 6 nitrogen and oxygen atoms in total. The summed E-state index contributed by atoms with van der Waals surface area (Å²) in [5.41, 5.74) is 3.00. The van der Waals surface area contributed by atoms with E-state index < -0.39 is 58.6 Å². The maximum absolute atomic E-state index is 14.5. The third-order valence-electron chi connectivity index (χ3n) is 6.93. The number of nitrogens with zero attached hydrogens (tertiary/aromatic N) is 1. The number of ether oxygens (including phenoxy) is 1. The first-order valence-electron chi connectivity index (χ1n) is 10.8. The highest BCUT2D eigenvalue weighted by Gasteiger charge is 2.55. The summed E-state index contributed by atoms with van der Waals surface area (Å²) < 4.78 is 75.4. The summed E-state index contributed by atoms with van der Waals surface area (Å²) in [6.07, 6.45) is -3.95. The maximum atomic E-state index is 14.5. The Morgan fingerprint density at radius 1 is 1.23 bits per heavy atom. The summed E-state index contributed by atoms with van der Waals surface area (Å²) in [5, 5.41) is -0.0401. The van der Waals surface area contributed by atoms with E-state index in [1.165, 1.54) is 24.4 Å². The molecule has 0 unspecified atom stereocenters. The van der Waals surface area contributed by atoms with Crippen molar-refractivity contribution in [3.8, 4) is 5.75 Å². The van der Waals surface area contributed by atoms with Crippen LogP contribution in [0.2, 0.25) is 0 Å². The van der Waals surface area contributed by atoms with Gasteiger partial charge in [0.1, 0.15) is 5.69 Å². The number of pyridine rings is 2. The molecule has 2 heterocycles. The van der Waals surface area contributed by atoms with Gasteiger partial charge in [0.15, 0.2) is 17.0 Å². The lowest BCUT2D eigenvalue weighted by atomic mass is 9.63. The van der Waals surface area contributed by atoms with Crippen molar-refractivity contribution >= 4 is 16.8 Å². The van der Waals surface area contributed by atoms with E-state index in [2.05, 4.69) is 9.97 Å². The highest BCUT2D eigenvalue weighted by Crippen LogP contribution is 2.58. The second-order valence-electron chi connectivity index (χ2n) is 9.03. The normalized spacial score (nSPS) is 22.8. The number of primary amides is 1. The Bertz CT molecular complexity index is 1370. The highest BCUT2D eigenvalue weighted by molar-refractivity contribution is 6.03. The minimum atomic E-state index is -4.54. The topological polar surface area (TPSA) is 98.1 Å². The number of aromatic amines is 1. The van der Waals surface area contributed by atoms with E-state index in [1.807, 2.05) is 0 Å². The minimum Gasteiger partial charge on any atom is -0.493 e. The van der Waals surface area contributed by atoms with Gasteiger partial charge in [-0.15, -0.1) is 0 Å². The molecule has 11 heteroatoms. The molecule has 0 aliphatic heterocycles. The van der Waals surface area contributed by atoms with Crippen molar-refractivity contribution in [1.82, 2.24) is 9.97 Å². The van der Waals surface area contributed by atoms with E-state index in [9.17, 15) is 31.5 Å². The van der Waals surface area contributed by atoms with Crippen molar-refractivity contribution in [3.63, 3.8) is 0 Å². The summed E-state index contributed by atoms with van der Waals surface area (Å²) in [4.78, 5) is 31.5. The van der Waals surface area contributed by atoms with E-state index in [0.717, 1.165) is 20.1 Å². The number of amides is 1. The van der Waals surface area contributed by atoms with E-state index in [1.54, 1.807) is 0 Å². The van der Waals surface area contributed by atoms with Crippen molar-refractivity contribution in [1.29, 1.82) is 0 Å². The molecule has 1 fully saturated rings. The number of carbonyl (C=O) groups is 1. The third-order valence-corrected chi connectivity index (χ3v) is 6.93. The smallest absolute Gasteiger partial charge is 0.394 e. The predicted octanol–water partition coefficient (Wildman–Crippen LogP) is 4.93. The second-order valence-corrected chi connectivity index (χ2v) is 9.03. The summed E-state index contributed by atoms with van der Waals surface area (Å²) in [7, 11) is 1.11. The zero-order chi connectivity index (χ0) is 25.7. The van der Waals surface area contributed by atoms with Crippen molar-refractivity contribution in [3.05, 3.63) is 69.3 Å². The number of hydrogen-bond donors (Lipinski definition) is 2. The fourth-order valence-corrected chi connectivity index (χ4v) is 5.01. The number of nitrogens with two attached hydrogens (primary N) is 1. The Hall–Kier alpha value is -3.50. The van der Waals surface area contributed by atoms with Gasteiger partial charge in [-0.25, -0.2) is 4.39 Å². The molecule has 1 saturated carbocycles. The van der Waals surface area contributed by atoms with Crippen LogP contribution in [0.25, 0.3) is 10.9 Å². The molecule has 0 saturated heterocycles. The Morgan fingerprint density at radius 3 is 2.57 bits per heavy atom. The lowest BCUT2D eigenvalue weighted by Crippen LogP contribution is -2.41. The minimum absolute atomic E-state index is 0.00195. The standard InChI is InChI=1S/C24H22F5N3O3/c1-23(24(27,28)29)7-5-11(13(10-23)12-3-4-14(25)19(26)21(12)35-2)16-9-17(33)18-15(32-16)6-8-31-20(18)22(30)34/h3-4,6,8-9,11,13H,5,7,10H2,1-2H3,(H2,30,34)(H,32,33)/t11-,13-,23-/m1/s1. The van der Waals surface area contributed by atoms with Crippen LogP contribution in [0, 0.1) is 17.0 Å². The first-order chi connectivity index (χ1) is 16.4. The van der Waals surface area contributed by atoms with Crippen LogP contribution in [-0.4, -0.2) is 29.2 Å². The number of methoxy groups -OCH3 is 1. The molecule has 4 rings (SSSR count). The van der Waals surface area contributed by atoms with Gasteiger partial charge in [-0.1, -0.05) is 13.0 Å². The molecule has 1 amide bonds. The number of nitrogens with one attached hydrogen (secondary N) is 1. The lowest BCUT2D eigenvalue weighted by Gasteiger charge is -2.44. The molecule has 0 spiro atoms. The van der Waals surface area contributed by atoms with Crippen LogP contribution in [-0.2, 0) is 0 Å². The SMILES string of the molecule is COc1c([C@@H]2C[C@](C)(C(F)(F)F)CC[C@H]2c2cc(=O)c3c(C(N)=O)nccc3[nH]2)ccc(F)c1F. The van der Waals surface area contributed by atoms with Crippen molar-refractivity contribution in [2.24, 2.45) is 11.1 Å². The Kier molecular flexibility index (Phi) is 6.06. The number of hydrogen-bond acceptors (Lipinski definition) is 4. The molecule has 3 aromatic rings. The molecule has 3 N–H and O–H groups in total. The number of rotatable bonds is 4. The first kappa shape index (κ1) is 24.6. The molecule has 3 atom stereocenters. The second kappa shape index (κ2) is 8.62. The van der Waals surface area contributed by atoms with Crippen LogP contribution in [0.1, 0.15) is 59.8 Å². The maximum Gasteiger partial charge on any atom is 0.394 e. The van der Waals surface area contributed by atoms with Gasteiger partial charge in [-0.3, -0.25) is 14.6 Å². The molecule has 1 aliphatic carbocycles. The monoisotopic (exact) mass is 495 g/mol. The van der Waals surface area contributed by atoms with Gasteiger partial charge in [0.2, 0.25) is 5.82 Å². The van der Waals surface area contributed by atoms with Gasteiger partial charge in [0.05, 0.1) is 23.4 Å². The van der Waals surface area contributed by atoms with Gasteiger partial charge in [0.25, 0.3) is 5.91 Å². The predicted molar refractivity (Wildman–Crippen MR) is 117 cm³/mol. The molecule has 0 radical (unpaired) electrons. The van der Waals surface area contributed by atoms with Crippen molar-refractivity contribution in [2.45, 2.75) is 44.2 Å². The van der Waals surface area contributed by atoms with Crippen molar-refractivity contribution < 1.29 is 31.5 Å². The lowest BCUT2D eigenvalue weighted by molar-refractivity contribution is -0.230. The largest absolute Gasteiger partial charge is 0.493 e. The van der Waals surface area contributed by atoms with Crippen molar-refractivity contribution in [2.75, 3.05) is 7.11 Å². The fourth-order valence-electron chi connectivity index (χ4n) is 5.01. The van der Waals surface area contributed by atoms with Gasteiger partial charge >= 0.3 is 6.18 Å². The average molecular weight is 495 g/mol. The van der Waals surface area contributed by atoms with E-state index in [-0.39, 0.29) is 35.0 Å². The van der Waals surface area contributed by atoms with Crippen LogP contribution in [0.5, 0.6) is 5.75 Å². The molecule has 1 aliphatic rings. The Labute approximate surface area is 196 Å². The highest BCUT2D eigenvalue weighted by atomic mass is 19.4. The summed E-state index contributed by atoms with van der Waals surface area (Å²) in [6, 6.07) is 4.70. The number of fused-ring (bicyclic) bond motifs is 1. The van der Waals surface area contributed by atoms with Crippen LogP contribution in [0.15, 0.2) is 35.3 Å². The van der Waals surface area contributed by atoms with Crippen LogP contribution in [0.4, 0.5) is 22.0 Å². The number of aromatic nitrogens is 2. The summed E-state index contributed by atoms with van der Waals surface area (Å²) >= 11 is 0. The van der Waals surface area contributed by atoms with E-state index >= 15 is 0 Å². The zero-order valence-corrected chi connectivity index (χ0v) is 18.8. The van der Waals surface area contributed by atoms with E-state index in [0.29, 0.717) is 5.69 Å². The number of H-pyrrole nitrogens is 1. The van der Waals surface area contributed by atoms with Gasteiger partial charge in [-0.2, -0.15) is 17.6 Å². The summed E-state index contributed by atoms with van der Waals surface area (Å²) in [5.74, 6) is -5.53. The third kappa shape index (κ3) is 4.12.